The summed E-state index contributed by atoms with van der Waals surface area (Å²) in [5.41, 5.74) is 5.29. The second-order valence-corrected chi connectivity index (χ2v) is 3.76. The third-order valence-corrected chi connectivity index (χ3v) is 2.43. The first-order valence-electron chi connectivity index (χ1n) is 4.72. The van der Waals surface area contributed by atoms with E-state index >= 15 is 0 Å². The lowest BCUT2D eigenvalue weighted by atomic mass is 9.89. The maximum Gasteiger partial charge on any atom is 0.315 e. The van der Waals surface area contributed by atoms with Crippen LogP contribution < -0.4 is 16.4 Å². The predicted octanol–water partition coefficient (Wildman–Crippen LogP) is 0.679. The van der Waals surface area contributed by atoms with Crippen molar-refractivity contribution in [1.82, 2.24) is 10.6 Å². The Balaban J connectivity index is 4.19. The molecule has 0 rings (SSSR count). The van der Waals surface area contributed by atoms with Gasteiger partial charge in [0.05, 0.1) is 5.54 Å². The fourth-order valence-electron chi connectivity index (χ4n) is 0.895. The molecule has 0 saturated heterocycles. The Morgan fingerprint density at radius 2 is 2.08 bits per heavy atom. The number of rotatable bonds is 4. The Bertz CT molecular complexity index is 170. The van der Waals surface area contributed by atoms with Crippen molar-refractivity contribution in [2.24, 2.45) is 11.7 Å². The highest BCUT2D eigenvalue weighted by atomic mass is 16.2. The van der Waals surface area contributed by atoms with Gasteiger partial charge in [-0.1, -0.05) is 13.8 Å². The maximum absolute atomic E-state index is 11.2. The zero-order chi connectivity index (χ0) is 10.5. The molecule has 0 aliphatic rings. The molecule has 0 saturated carbocycles. The molecule has 1 unspecified atom stereocenters. The second-order valence-electron chi connectivity index (χ2n) is 3.76. The smallest absolute Gasteiger partial charge is 0.315 e. The lowest BCUT2D eigenvalue weighted by Gasteiger charge is -2.33. The third-order valence-electron chi connectivity index (χ3n) is 2.43. The van der Waals surface area contributed by atoms with Crippen LogP contribution in [0, 0.1) is 5.92 Å². The molecule has 0 aromatic rings. The Morgan fingerprint density at radius 1 is 1.54 bits per heavy atom. The molecule has 2 amide bonds. The van der Waals surface area contributed by atoms with Gasteiger partial charge in [-0.05, 0) is 19.8 Å². The number of carbonyl (C=O) groups is 1. The topological polar surface area (TPSA) is 67.2 Å². The second kappa shape index (κ2) is 5.07. The van der Waals surface area contributed by atoms with Crippen LogP contribution in [0.25, 0.3) is 0 Å². The number of nitrogens with one attached hydrogen (secondary N) is 2. The summed E-state index contributed by atoms with van der Waals surface area (Å²) in [5.74, 6) is 0.320. The Kier molecular flexibility index (Phi) is 4.77. The minimum atomic E-state index is -0.320. The molecule has 0 aliphatic carbocycles. The van der Waals surface area contributed by atoms with Crippen molar-refractivity contribution in [3.63, 3.8) is 0 Å². The van der Waals surface area contributed by atoms with Crippen LogP contribution in [0.15, 0.2) is 0 Å². The third kappa shape index (κ3) is 3.63. The fraction of sp³-hybridized carbons (Fsp3) is 0.889. The molecule has 0 heterocycles. The van der Waals surface area contributed by atoms with Crippen LogP contribution in [0.1, 0.15) is 27.7 Å². The normalized spacial score (nSPS) is 15.2. The fourth-order valence-corrected chi connectivity index (χ4v) is 0.895. The highest BCUT2D eigenvalue weighted by molar-refractivity contribution is 5.74. The summed E-state index contributed by atoms with van der Waals surface area (Å²) >= 11 is 0. The van der Waals surface area contributed by atoms with E-state index in [1.54, 1.807) is 0 Å². The summed E-state index contributed by atoms with van der Waals surface area (Å²) in [7, 11) is 0. The van der Waals surface area contributed by atoms with Crippen LogP contribution in [-0.2, 0) is 0 Å². The molecule has 78 valence electrons. The molecule has 0 fully saturated rings. The van der Waals surface area contributed by atoms with E-state index in [9.17, 15) is 4.79 Å². The predicted molar refractivity (Wildman–Crippen MR) is 54.5 cm³/mol. The van der Waals surface area contributed by atoms with E-state index in [2.05, 4.69) is 10.6 Å². The zero-order valence-electron chi connectivity index (χ0n) is 8.98. The number of amides is 2. The summed E-state index contributed by atoms with van der Waals surface area (Å²) in [6.07, 6.45) is 0. The Morgan fingerprint density at radius 3 is 2.38 bits per heavy atom. The van der Waals surface area contributed by atoms with Gasteiger partial charge in [-0.25, -0.2) is 4.79 Å². The monoisotopic (exact) mass is 187 g/mol. The summed E-state index contributed by atoms with van der Waals surface area (Å²) in [4.78, 5) is 11.2. The lowest BCUT2D eigenvalue weighted by molar-refractivity contribution is 0.214. The van der Waals surface area contributed by atoms with Crippen molar-refractivity contribution in [3.05, 3.63) is 0 Å². The van der Waals surface area contributed by atoms with Gasteiger partial charge in [0.25, 0.3) is 0 Å². The van der Waals surface area contributed by atoms with Gasteiger partial charge in [-0.3, -0.25) is 0 Å². The van der Waals surface area contributed by atoms with E-state index in [1.807, 2.05) is 27.7 Å². The molecule has 0 bridgehead atoms. The van der Waals surface area contributed by atoms with E-state index in [0.717, 1.165) is 0 Å². The SMILES string of the molecule is CCNC(=O)NC(C)(CN)C(C)C. The molecule has 0 aromatic heterocycles. The zero-order valence-corrected chi connectivity index (χ0v) is 8.98. The average molecular weight is 187 g/mol. The van der Waals surface area contributed by atoms with Crippen LogP contribution >= 0.6 is 0 Å². The number of hydrogen-bond acceptors (Lipinski definition) is 2. The largest absolute Gasteiger partial charge is 0.338 e. The van der Waals surface area contributed by atoms with E-state index in [-0.39, 0.29) is 11.6 Å². The Hall–Kier alpha value is -0.770. The van der Waals surface area contributed by atoms with Gasteiger partial charge in [0.2, 0.25) is 0 Å². The van der Waals surface area contributed by atoms with Gasteiger partial charge >= 0.3 is 6.03 Å². The molecule has 0 spiro atoms. The number of nitrogens with two attached hydrogens (primary N) is 1. The molecule has 0 aromatic carbocycles. The first-order valence-corrected chi connectivity index (χ1v) is 4.72. The van der Waals surface area contributed by atoms with Crippen molar-refractivity contribution < 1.29 is 4.79 Å². The van der Waals surface area contributed by atoms with E-state index in [1.165, 1.54) is 0 Å². The molecular weight excluding hydrogens is 166 g/mol. The minimum absolute atomic E-state index is 0.149. The van der Waals surface area contributed by atoms with Gasteiger partial charge < -0.3 is 16.4 Å². The van der Waals surface area contributed by atoms with Gasteiger partial charge in [-0.15, -0.1) is 0 Å². The van der Waals surface area contributed by atoms with E-state index < -0.39 is 0 Å². The van der Waals surface area contributed by atoms with E-state index in [4.69, 9.17) is 5.73 Å². The van der Waals surface area contributed by atoms with Crippen molar-refractivity contribution in [2.45, 2.75) is 33.2 Å². The molecule has 0 radical (unpaired) electrons. The quantitative estimate of drug-likeness (QED) is 0.606. The van der Waals surface area contributed by atoms with E-state index in [0.29, 0.717) is 19.0 Å². The standard InChI is InChI=1S/C9H21N3O/c1-5-11-8(13)12-9(4,6-10)7(2)3/h7H,5-6,10H2,1-4H3,(H2,11,12,13). The van der Waals surface area contributed by atoms with Gasteiger partial charge in [0.1, 0.15) is 0 Å². The summed E-state index contributed by atoms with van der Waals surface area (Å²) < 4.78 is 0. The molecule has 13 heavy (non-hydrogen) atoms. The number of urea groups is 1. The molecule has 4 N–H and O–H groups in total. The van der Waals surface area contributed by atoms with Crippen molar-refractivity contribution in [2.75, 3.05) is 13.1 Å². The van der Waals surface area contributed by atoms with Gasteiger partial charge in [-0.2, -0.15) is 0 Å². The molecule has 1 atom stereocenters. The van der Waals surface area contributed by atoms with Crippen LogP contribution in [0.4, 0.5) is 4.79 Å². The average Bonchev–Trinajstić information content (AvgIpc) is 2.04. The van der Waals surface area contributed by atoms with Crippen LogP contribution in [-0.4, -0.2) is 24.7 Å². The van der Waals surface area contributed by atoms with Crippen molar-refractivity contribution >= 4 is 6.03 Å². The highest BCUT2D eigenvalue weighted by Crippen LogP contribution is 2.14. The molecular formula is C9H21N3O. The summed E-state index contributed by atoms with van der Waals surface area (Å²) in [5, 5.41) is 5.55. The Labute approximate surface area is 80.3 Å². The lowest BCUT2D eigenvalue weighted by Crippen LogP contribution is -2.57. The highest BCUT2D eigenvalue weighted by Gasteiger charge is 2.28. The summed E-state index contributed by atoms with van der Waals surface area (Å²) in [6.45, 7) is 8.99. The van der Waals surface area contributed by atoms with Crippen LogP contribution in [0.3, 0.4) is 0 Å². The minimum Gasteiger partial charge on any atom is -0.338 e. The first kappa shape index (κ1) is 12.2. The first-order chi connectivity index (χ1) is 5.96. The number of hydrogen-bond donors (Lipinski definition) is 3. The van der Waals surface area contributed by atoms with Crippen molar-refractivity contribution in [1.29, 1.82) is 0 Å². The number of carbonyl (C=O) groups excluding carboxylic acids is 1. The molecule has 4 nitrogen and oxygen atoms in total. The van der Waals surface area contributed by atoms with Gasteiger partial charge in [0.15, 0.2) is 0 Å². The maximum atomic E-state index is 11.2. The summed E-state index contributed by atoms with van der Waals surface area (Å²) in [6, 6.07) is -0.149. The molecule has 0 aliphatic heterocycles. The van der Waals surface area contributed by atoms with Crippen LogP contribution in [0.2, 0.25) is 0 Å². The van der Waals surface area contributed by atoms with Crippen molar-refractivity contribution in [3.8, 4) is 0 Å². The molecule has 4 heteroatoms. The van der Waals surface area contributed by atoms with Crippen LogP contribution in [0.5, 0.6) is 0 Å². The van der Waals surface area contributed by atoms with Gasteiger partial charge in [0, 0.05) is 13.1 Å².